The summed E-state index contributed by atoms with van der Waals surface area (Å²) in [5, 5.41) is 4.81. The lowest BCUT2D eigenvalue weighted by Crippen LogP contribution is -2.25. The Balaban J connectivity index is 1.73. The van der Waals surface area contributed by atoms with E-state index in [0.29, 0.717) is 5.92 Å². The van der Waals surface area contributed by atoms with E-state index in [1.54, 1.807) is 0 Å². The van der Waals surface area contributed by atoms with Crippen LogP contribution in [0.3, 0.4) is 0 Å². The summed E-state index contributed by atoms with van der Waals surface area (Å²) in [5.74, 6) is 0.499. The number of aromatic nitrogens is 1. The highest BCUT2D eigenvalue weighted by molar-refractivity contribution is 7.15. The average molecular weight is 295 g/mol. The fraction of sp³-hybridized carbons (Fsp3) is 0.800. The Morgan fingerprint density at radius 2 is 2.20 bits per heavy atom. The number of nitrogens with zero attached hydrogens (tertiary/aromatic N) is 2. The van der Waals surface area contributed by atoms with Gasteiger partial charge in [0.15, 0.2) is 5.13 Å². The van der Waals surface area contributed by atoms with Gasteiger partial charge in [0.05, 0.1) is 12.3 Å². The third-order valence-electron chi connectivity index (χ3n) is 3.88. The monoisotopic (exact) mass is 295 g/mol. The van der Waals surface area contributed by atoms with E-state index in [9.17, 15) is 0 Å². The van der Waals surface area contributed by atoms with Gasteiger partial charge in [0.2, 0.25) is 0 Å². The topological polar surface area (TPSA) is 37.4 Å². The van der Waals surface area contributed by atoms with Crippen molar-refractivity contribution in [2.24, 2.45) is 0 Å². The Labute approximate surface area is 125 Å². The number of ether oxygens (including phenoxy) is 1. The van der Waals surface area contributed by atoms with E-state index in [0.717, 1.165) is 45.3 Å². The molecule has 2 heterocycles. The maximum atomic E-state index is 5.54. The summed E-state index contributed by atoms with van der Waals surface area (Å²) in [6.07, 6.45) is 3.78. The molecule has 1 aromatic heterocycles. The fourth-order valence-corrected chi connectivity index (χ4v) is 3.74. The fourth-order valence-electron chi connectivity index (χ4n) is 2.53. The molecule has 112 valence electrons. The third-order valence-corrected chi connectivity index (χ3v) is 5.02. The summed E-state index contributed by atoms with van der Waals surface area (Å²) in [5.41, 5.74) is 1.28. The first-order valence-electron chi connectivity index (χ1n) is 7.79. The largest absolute Gasteiger partial charge is 0.380 e. The minimum atomic E-state index is 0.499. The van der Waals surface area contributed by atoms with Crippen LogP contribution >= 0.6 is 11.3 Å². The molecule has 1 saturated heterocycles. The molecule has 4 nitrogen and oxygen atoms in total. The quantitative estimate of drug-likeness (QED) is 0.906. The first kappa shape index (κ1) is 14.3. The lowest BCUT2D eigenvalue weighted by Gasteiger charge is -2.17. The summed E-state index contributed by atoms with van der Waals surface area (Å²) < 4.78 is 5.54. The minimum Gasteiger partial charge on any atom is -0.380 e. The number of hydrogen-bond donors (Lipinski definition) is 1. The van der Waals surface area contributed by atoms with Crippen LogP contribution in [0, 0.1) is 0 Å². The molecule has 2 fully saturated rings. The molecule has 0 aromatic carbocycles. The van der Waals surface area contributed by atoms with E-state index in [1.165, 1.54) is 28.5 Å². The second-order valence-corrected chi connectivity index (χ2v) is 7.13. The zero-order chi connectivity index (χ0) is 13.9. The van der Waals surface area contributed by atoms with Crippen LogP contribution < -0.4 is 10.2 Å². The van der Waals surface area contributed by atoms with E-state index in [1.807, 2.05) is 11.3 Å². The Bertz CT molecular complexity index is 434. The number of nitrogens with one attached hydrogen (secondary N) is 1. The van der Waals surface area contributed by atoms with Gasteiger partial charge >= 0.3 is 0 Å². The third kappa shape index (κ3) is 3.51. The van der Waals surface area contributed by atoms with Crippen molar-refractivity contribution in [3.05, 3.63) is 10.6 Å². The van der Waals surface area contributed by atoms with E-state index in [2.05, 4.69) is 24.1 Å². The summed E-state index contributed by atoms with van der Waals surface area (Å²) in [6, 6.07) is 0.757. The van der Waals surface area contributed by atoms with E-state index in [4.69, 9.17) is 9.72 Å². The zero-order valence-corrected chi connectivity index (χ0v) is 13.3. The second-order valence-electron chi connectivity index (χ2n) is 6.07. The first-order valence-corrected chi connectivity index (χ1v) is 8.61. The molecule has 5 heteroatoms. The molecular weight excluding hydrogens is 270 g/mol. The molecule has 0 bridgehead atoms. The summed E-state index contributed by atoms with van der Waals surface area (Å²) in [7, 11) is 0. The highest BCUT2D eigenvalue weighted by Gasteiger charge is 2.23. The normalized spacial score (nSPS) is 20.4. The maximum Gasteiger partial charge on any atom is 0.185 e. The predicted molar refractivity (Wildman–Crippen MR) is 83.7 cm³/mol. The lowest BCUT2D eigenvalue weighted by molar-refractivity contribution is 0.152. The van der Waals surface area contributed by atoms with Gasteiger partial charge in [-0.1, -0.05) is 13.8 Å². The Kier molecular flexibility index (Phi) is 4.58. The van der Waals surface area contributed by atoms with E-state index in [-0.39, 0.29) is 0 Å². The van der Waals surface area contributed by atoms with Gasteiger partial charge in [-0.15, -0.1) is 11.3 Å². The standard InChI is InChI=1S/C15H25N3OS/c1-11(2)14-13(10-16-12-4-5-12)20-15(17-14)18-6-3-8-19-9-7-18/h11-12,16H,3-10H2,1-2H3. The molecule has 0 radical (unpaired) electrons. The Morgan fingerprint density at radius 3 is 2.95 bits per heavy atom. The van der Waals surface area contributed by atoms with Crippen molar-refractivity contribution in [2.75, 3.05) is 31.2 Å². The number of anilines is 1. The summed E-state index contributed by atoms with van der Waals surface area (Å²) in [4.78, 5) is 8.74. The number of hydrogen-bond acceptors (Lipinski definition) is 5. The van der Waals surface area contributed by atoms with Crippen molar-refractivity contribution in [3.63, 3.8) is 0 Å². The van der Waals surface area contributed by atoms with Gasteiger partial charge in [-0.3, -0.25) is 0 Å². The highest BCUT2D eigenvalue weighted by Crippen LogP contribution is 2.32. The van der Waals surface area contributed by atoms with Crippen molar-refractivity contribution in [1.82, 2.24) is 10.3 Å². The molecule has 1 aromatic rings. The van der Waals surface area contributed by atoms with Crippen molar-refractivity contribution >= 4 is 16.5 Å². The highest BCUT2D eigenvalue weighted by atomic mass is 32.1. The van der Waals surface area contributed by atoms with Crippen LogP contribution in [-0.4, -0.2) is 37.3 Å². The van der Waals surface area contributed by atoms with Crippen LogP contribution in [0.25, 0.3) is 0 Å². The second kappa shape index (κ2) is 6.41. The van der Waals surface area contributed by atoms with Crippen LogP contribution in [0.5, 0.6) is 0 Å². The first-order chi connectivity index (χ1) is 9.74. The molecule has 0 atom stereocenters. The van der Waals surface area contributed by atoms with Crippen LogP contribution in [0.2, 0.25) is 0 Å². The van der Waals surface area contributed by atoms with E-state index < -0.39 is 0 Å². The molecule has 0 amide bonds. The molecule has 1 saturated carbocycles. The van der Waals surface area contributed by atoms with Crippen molar-refractivity contribution < 1.29 is 4.74 Å². The molecule has 0 spiro atoms. The van der Waals surface area contributed by atoms with Gasteiger partial charge in [-0.05, 0) is 25.2 Å². The van der Waals surface area contributed by atoms with Crippen LogP contribution in [0.1, 0.15) is 49.6 Å². The van der Waals surface area contributed by atoms with Gasteiger partial charge in [0.1, 0.15) is 0 Å². The Hall–Kier alpha value is -0.650. The molecule has 20 heavy (non-hydrogen) atoms. The number of thiazole rings is 1. The van der Waals surface area contributed by atoms with E-state index >= 15 is 0 Å². The van der Waals surface area contributed by atoms with Crippen LogP contribution in [0.4, 0.5) is 5.13 Å². The van der Waals surface area contributed by atoms with Gasteiger partial charge in [-0.2, -0.15) is 0 Å². The lowest BCUT2D eigenvalue weighted by atomic mass is 10.1. The molecule has 0 unspecified atom stereocenters. The summed E-state index contributed by atoms with van der Waals surface area (Å²) >= 11 is 1.87. The Morgan fingerprint density at radius 1 is 1.35 bits per heavy atom. The van der Waals surface area contributed by atoms with Crippen molar-refractivity contribution in [3.8, 4) is 0 Å². The molecule has 3 rings (SSSR count). The number of rotatable bonds is 5. The minimum absolute atomic E-state index is 0.499. The zero-order valence-electron chi connectivity index (χ0n) is 12.5. The smallest absolute Gasteiger partial charge is 0.185 e. The average Bonchev–Trinajstić information content (AvgIpc) is 3.21. The van der Waals surface area contributed by atoms with Crippen LogP contribution in [0.15, 0.2) is 0 Å². The van der Waals surface area contributed by atoms with Gasteiger partial charge < -0.3 is 15.0 Å². The summed E-state index contributed by atoms with van der Waals surface area (Å²) in [6.45, 7) is 9.22. The molecular formula is C15H25N3OS. The molecule has 2 aliphatic rings. The SMILES string of the molecule is CC(C)c1nc(N2CCCOCC2)sc1CNC1CC1. The molecule has 1 N–H and O–H groups in total. The predicted octanol–water partition coefficient (Wildman–Crippen LogP) is 2.75. The van der Waals surface area contributed by atoms with Crippen molar-refractivity contribution in [1.29, 1.82) is 0 Å². The van der Waals surface area contributed by atoms with Crippen molar-refractivity contribution in [2.45, 2.75) is 51.6 Å². The maximum absolute atomic E-state index is 5.54. The van der Waals surface area contributed by atoms with Gasteiger partial charge in [0.25, 0.3) is 0 Å². The molecule has 1 aliphatic heterocycles. The molecule has 1 aliphatic carbocycles. The van der Waals surface area contributed by atoms with Crippen LogP contribution in [-0.2, 0) is 11.3 Å². The van der Waals surface area contributed by atoms with Gasteiger partial charge in [-0.25, -0.2) is 4.98 Å². The van der Waals surface area contributed by atoms with Gasteiger partial charge in [0, 0.05) is 37.2 Å².